The van der Waals surface area contributed by atoms with Gasteiger partial charge in [0, 0.05) is 26.6 Å². The van der Waals surface area contributed by atoms with Crippen molar-refractivity contribution in [3.63, 3.8) is 0 Å². The number of amidine groups is 1. The molecule has 1 heterocycles. The molecule has 0 fully saturated rings. The first kappa shape index (κ1) is 17.5. The maximum Gasteiger partial charge on any atom is 0.180 e. The third-order valence-electron chi connectivity index (χ3n) is 3.55. The van der Waals surface area contributed by atoms with Gasteiger partial charge in [0.25, 0.3) is 0 Å². The zero-order chi connectivity index (χ0) is 17.5. The van der Waals surface area contributed by atoms with Gasteiger partial charge in [0.2, 0.25) is 0 Å². The fraction of sp³-hybridized carbons (Fsp3) is 0.100. The molecule has 1 aromatic heterocycles. The lowest BCUT2D eigenvalue weighted by molar-refractivity contribution is 1.25. The first-order valence-corrected chi connectivity index (χ1v) is 9.71. The van der Waals surface area contributed by atoms with Gasteiger partial charge in [-0.3, -0.25) is 0 Å². The standard InChI is InChI=1S/C20H19N3S2/c1-15-11-12-19(25-15)18-10-6-5-9-17(18)13-22-23-20(21)24-14-16-7-3-2-4-8-16/h2-13H,14H2,1H3,(H2,21,23). The van der Waals surface area contributed by atoms with Gasteiger partial charge in [-0.2, -0.15) is 5.10 Å². The van der Waals surface area contributed by atoms with Gasteiger partial charge < -0.3 is 5.73 Å². The van der Waals surface area contributed by atoms with E-state index in [0.717, 1.165) is 16.9 Å². The Morgan fingerprint density at radius 3 is 2.56 bits per heavy atom. The van der Waals surface area contributed by atoms with Crippen molar-refractivity contribution in [1.82, 2.24) is 0 Å². The van der Waals surface area contributed by atoms with Crippen LogP contribution in [0.2, 0.25) is 0 Å². The largest absolute Gasteiger partial charge is 0.377 e. The topological polar surface area (TPSA) is 50.7 Å². The van der Waals surface area contributed by atoms with Gasteiger partial charge in [-0.05, 0) is 24.6 Å². The number of nitrogens with two attached hydrogens (primary N) is 1. The molecule has 0 unspecified atom stereocenters. The van der Waals surface area contributed by atoms with E-state index in [0.29, 0.717) is 5.17 Å². The number of rotatable bonds is 5. The summed E-state index contributed by atoms with van der Waals surface area (Å²) in [6.45, 7) is 2.11. The summed E-state index contributed by atoms with van der Waals surface area (Å²) in [5, 5.41) is 8.74. The van der Waals surface area contributed by atoms with Gasteiger partial charge in [0.15, 0.2) is 5.17 Å². The van der Waals surface area contributed by atoms with Crippen molar-refractivity contribution in [3.8, 4) is 10.4 Å². The molecule has 0 spiro atoms. The van der Waals surface area contributed by atoms with Crippen LogP contribution in [0.15, 0.2) is 76.9 Å². The van der Waals surface area contributed by atoms with Crippen LogP contribution in [-0.4, -0.2) is 11.4 Å². The number of hydrogen-bond acceptors (Lipinski definition) is 4. The molecule has 0 aliphatic carbocycles. The number of thiophene rings is 1. The third-order valence-corrected chi connectivity index (χ3v) is 5.44. The van der Waals surface area contributed by atoms with Crippen molar-refractivity contribution in [2.75, 3.05) is 0 Å². The molecule has 2 aromatic carbocycles. The molecule has 126 valence electrons. The molecule has 2 N–H and O–H groups in total. The lowest BCUT2D eigenvalue weighted by atomic mass is 10.1. The lowest BCUT2D eigenvalue weighted by Crippen LogP contribution is -2.06. The first-order chi connectivity index (χ1) is 12.2. The summed E-state index contributed by atoms with van der Waals surface area (Å²) in [5.74, 6) is 0.788. The van der Waals surface area contributed by atoms with Crippen LogP contribution in [0.4, 0.5) is 0 Å². The van der Waals surface area contributed by atoms with E-state index in [1.807, 2.05) is 36.4 Å². The SMILES string of the molecule is Cc1ccc(-c2ccccc2C=NN=C(N)SCc2ccccc2)s1. The average molecular weight is 366 g/mol. The fourth-order valence-electron chi connectivity index (χ4n) is 2.32. The summed E-state index contributed by atoms with van der Waals surface area (Å²) in [7, 11) is 0. The highest BCUT2D eigenvalue weighted by molar-refractivity contribution is 8.13. The first-order valence-electron chi connectivity index (χ1n) is 7.91. The average Bonchev–Trinajstić information content (AvgIpc) is 3.07. The van der Waals surface area contributed by atoms with Crippen LogP contribution in [0.5, 0.6) is 0 Å². The molecule has 0 amide bonds. The molecular formula is C20H19N3S2. The van der Waals surface area contributed by atoms with Crippen LogP contribution in [0.3, 0.4) is 0 Å². The molecule has 0 bridgehead atoms. The minimum absolute atomic E-state index is 0.463. The zero-order valence-electron chi connectivity index (χ0n) is 13.9. The summed E-state index contributed by atoms with van der Waals surface area (Å²) in [5.41, 5.74) is 9.35. The summed E-state index contributed by atoms with van der Waals surface area (Å²) >= 11 is 3.26. The van der Waals surface area contributed by atoms with Crippen LogP contribution in [0.25, 0.3) is 10.4 Å². The number of aryl methyl sites for hydroxylation is 1. The maximum absolute atomic E-state index is 5.94. The van der Waals surface area contributed by atoms with Gasteiger partial charge in [-0.25, -0.2) is 0 Å². The maximum atomic E-state index is 5.94. The molecule has 0 aliphatic rings. The zero-order valence-corrected chi connectivity index (χ0v) is 15.6. The van der Waals surface area contributed by atoms with Gasteiger partial charge in [-0.15, -0.1) is 16.4 Å². The Morgan fingerprint density at radius 1 is 1.04 bits per heavy atom. The van der Waals surface area contributed by atoms with Crippen LogP contribution < -0.4 is 5.73 Å². The van der Waals surface area contributed by atoms with Crippen molar-refractivity contribution >= 4 is 34.5 Å². The summed E-state index contributed by atoms with van der Waals surface area (Å²) in [4.78, 5) is 2.52. The van der Waals surface area contributed by atoms with Gasteiger partial charge in [-0.1, -0.05) is 66.4 Å². The minimum atomic E-state index is 0.463. The number of hydrogen-bond donors (Lipinski definition) is 1. The Balaban J connectivity index is 1.67. The minimum Gasteiger partial charge on any atom is -0.377 e. The molecule has 0 saturated carbocycles. The Labute approximate surface area is 156 Å². The number of nitrogens with zero attached hydrogens (tertiary/aromatic N) is 2. The van der Waals surface area contributed by atoms with E-state index in [1.165, 1.54) is 27.1 Å². The Morgan fingerprint density at radius 2 is 1.80 bits per heavy atom. The number of thioether (sulfide) groups is 1. The monoisotopic (exact) mass is 365 g/mol. The Hall–Kier alpha value is -2.37. The molecule has 3 nitrogen and oxygen atoms in total. The number of benzene rings is 2. The highest BCUT2D eigenvalue weighted by Gasteiger charge is 2.04. The molecule has 5 heteroatoms. The molecular weight excluding hydrogens is 346 g/mol. The van der Waals surface area contributed by atoms with E-state index in [2.05, 4.69) is 47.5 Å². The normalized spacial score (nSPS) is 12.0. The molecule has 0 radical (unpaired) electrons. The van der Waals surface area contributed by atoms with E-state index in [4.69, 9.17) is 5.73 Å². The molecule has 25 heavy (non-hydrogen) atoms. The van der Waals surface area contributed by atoms with E-state index < -0.39 is 0 Å². The quantitative estimate of drug-likeness (QED) is 0.379. The van der Waals surface area contributed by atoms with Gasteiger partial charge in [0.05, 0.1) is 6.21 Å². The van der Waals surface area contributed by atoms with Crippen LogP contribution in [0.1, 0.15) is 16.0 Å². The summed E-state index contributed by atoms with van der Waals surface area (Å²) < 4.78 is 0. The molecule has 0 atom stereocenters. The van der Waals surface area contributed by atoms with Crippen LogP contribution in [-0.2, 0) is 5.75 Å². The van der Waals surface area contributed by atoms with Crippen molar-refractivity contribution in [3.05, 3.63) is 82.7 Å². The van der Waals surface area contributed by atoms with E-state index in [9.17, 15) is 0 Å². The van der Waals surface area contributed by atoms with E-state index in [-0.39, 0.29) is 0 Å². The van der Waals surface area contributed by atoms with Crippen molar-refractivity contribution in [1.29, 1.82) is 0 Å². The smallest absolute Gasteiger partial charge is 0.180 e. The van der Waals surface area contributed by atoms with Crippen molar-refractivity contribution in [2.45, 2.75) is 12.7 Å². The fourth-order valence-corrected chi connectivity index (χ4v) is 3.85. The van der Waals surface area contributed by atoms with Crippen LogP contribution >= 0.6 is 23.1 Å². The Kier molecular flexibility index (Phi) is 6.04. The second-order valence-corrected chi connectivity index (χ2v) is 7.74. The Bertz CT molecular complexity index is 883. The third kappa shape index (κ3) is 5.05. The molecule has 3 rings (SSSR count). The lowest BCUT2D eigenvalue weighted by Gasteiger charge is -2.02. The van der Waals surface area contributed by atoms with Crippen molar-refractivity contribution in [2.24, 2.45) is 15.9 Å². The van der Waals surface area contributed by atoms with Crippen molar-refractivity contribution < 1.29 is 0 Å². The summed E-state index contributed by atoms with van der Waals surface area (Å²) in [6.07, 6.45) is 1.76. The summed E-state index contributed by atoms with van der Waals surface area (Å²) in [6, 6.07) is 22.6. The van der Waals surface area contributed by atoms with Gasteiger partial charge in [0.1, 0.15) is 0 Å². The van der Waals surface area contributed by atoms with E-state index >= 15 is 0 Å². The molecule has 0 saturated heterocycles. The van der Waals surface area contributed by atoms with E-state index in [1.54, 1.807) is 17.6 Å². The highest BCUT2D eigenvalue weighted by Crippen LogP contribution is 2.29. The van der Waals surface area contributed by atoms with Crippen LogP contribution in [0, 0.1) is 6.92 Å². The highest BCUT2D eigenvalue weighted by atomic mass is 32.2. The molecule has 3 aromatic rings. The molecule has 0 aliphatic heterocycles. The predicted molar refractivity (Wildman–Crippen MR) is 111 cm³/mol. The van der Waals surface area contributed by atoms with Gasteiger partial charge >= 0.3 is 0 Å². The predicted octanol–water partition coefficient (Wildman–Crippen LogP) is 5.31. The second kappa shape index (κ2) is 8.65. The second-order valence-electron chi connectivity index (χ2n) is 5.45.